The maximum absolute atomic E-state index is 6.23. The molecule has 2 aromatic heterocycles. The van der Waals surface area contributed by atoms with E-state index in [1.165, 1.54) is 12.8 Å². The lowest BCUT2D eigenvalue weighted by molar-refractivity contribution is 0.126. The lowest BCUT2D eigenvalue weighted by atomic mass is 10.1. The lowest BCUT2D eigenvalue weighted by Crippen LogP contribution is -2.44. The highest BCUT2D eigenvalue weighted by Crippen LogP contribution is 2.25. The van der Waals surface area contributed by atoms with Crippen molar-refractivity contribution in [1.82, 2.24) is 19.8 Å². The van der Waals surface area contributed by atoms with Crippen LogP contribution >= 0.6 is 22.9 Å². The van der Waals surface area contributed by atoms with Gasteiger partial charge in [0.2, 0.25) is 0 Å². The third-order valence-corrected chi connectivity index (χ3v) is 5.00. The second-order valence-electron chi connectivity index (χ2n) is 5.56. The van der Waals surface area contributed by atoms with E-state index in [9.17, 15) is 0 Å². The van der Waals surface area contributed by atoms with Crippen molar-refractivity contribution in [3.8, 4) is 0 Å². The first kappa shape index (κ1) is 14.2. The smallest absolute Gasteiger partial charge is 0.145 e. The van der Waals surface area contributed by atoms with Crippen molar-refractivity contribution >= 4 is 33.2 Å². The van der Waals surface area contributed by atoms with Gasteiger partial charge in [-0.05, 0) is 44.9 Å². The summed E-state index contributed by atoms with van der Waals surface area (Å²) < 4.78 is 0. The number of hydrogen-bond donors (Lipinski definition) is 0. The molecule has 0 aliphatic carbocycles. The molecule has 0 amide bonds. The van der Waals surface area contributed by atoms with E-state index in [1.807, 2.05) is 11.4 Å². The standard InChI is InChI=1S/C14H19ClN4S/c1-18(2)10-4-3-6-19(8-10)9-12-16-13(15)11-5-7-20-14(11)17-12/h5,7,10H,3-4,6,8-9H2,1-2H3. The third kappa shape index (κ3) is 2.96. The van der Waals surface area contributed by atoms with Crippen LogP contribution in [0.1, 0.15) is 18.7 Å². The van der Waals surface area contributed by atoms with Gasteiger partial charge in [-0.25, -0.2) is 9.97 Å². The van der Waals surface area contributed by atoms with Crippen LogP contribution < -0.4 is 0 Å². The summed E-state index contributed by atoms with van der Waals surface area (Å²) in [5, 5.41) is 3.55. The zero-order valence-electron chi connectivity index (χ0n) is 11.8. The quantitative estimate of drug-likeness (QED) is 0.816. The topological polar surface area (TPSA) is 32.3 Å². The van der Waals surface area contributed by atoms with Crippen LogP contribution in [0.5, 0.6) is 0 Å². The number of hydrogen-bond acceptors (Lipinski definition) is 5. The molecule has 0 saturated carbocycles. The Labute approximate surface area is 128 Å². The number of nitrogens with zero attached hydrogens (tertiary/aromatic N) is 4. The molecule has 0 radical (unpaired) electrons. The van der Waals surface area contributed by atoms with Crippen LogP contribution in [0.25, 0.3) is 10.2 Å². The first-order chi connectivity index (χ1) is 9.63. The van der Waals surface area contributed by atoms with Gasteiger partial charge in [-0.3, -0.25) is 4.90 Å². The van der Waals surface area contributed by atoms with Gasteiger partial charge in [-0.2, -0.15) is 0 Å². The molecule has 20 heavy (non-hydrogen) atoms. The van der Waals surface area contributed by atoms with Gasteiger partial charge in [0, 0.05) is 18.0 Å². The number of fused-ring (bicyclic) bond motifs is 1. The van der Waals surface area contributed by atoms with Crippen LogP contribution in [0.3, 0.4) is 0 Å². The van der Waals surface area contributed by atoms with Crippen LogP contribution in [-0.2, 0) is 6.54 Å². The van der Waals surface area contributed by atoms with E-state index >= 15 is 0 Å². The van der Waals surface area contributed by atoms with E-state index in [1.54, 1.807) is 11.3 Å². The van der Waals surface area contributed by atoms with Crippen molar-refractivity contribution in [3.63, 3.8) is 0 Å². The van der Waals surface area contributed by atoms with Gasteiger partial charge in [0.25, 0.3) is 0 Å². The highest BCUT2D eigenvalue weighted by Gasteiger charge is 2.22. The molecule has 108 valence electrons. The van der Waals surface area contributed by atoms with Gasteiger partial charge >= 0.3 is 0 Å². The fourth-order valence-corrected chi connectivity index (χ4v) is 3.82. The Hall–Kier alpha value is -0.750. The van der Waals surface area contributed by atoms with Gasteiger partial charge < -0.3 is 4.90 Å². The summed E-state index contributed by atoms with van der Waals surface area (Å²) in [5.74, 6) is 0.837. The van der Waals surface area contributed by atoms with Gasteiger partial charge in [0.05, 0.1) is 6.54 Å². The number of halogens is 1. The Morgan fingerprint density at radius 1 is 1.45 bits per heavy atom. The number of rotatable bonds is 3. The Kier molecular flexibility index (Phi) is 4.21. The minimum absolute atomic E-state index is 0.576. The average Bonchev–Trinajstić information content (AvgIpc) is 2.88. The molecule has 1 saturated heterocycles. The molecule has 6 heteroatoms. The summed E-state index contributed by atoms with van der Waals surface area (Å²) in [6.07, 6.45) is 2.51. The fourth-order valence-electron chi connectivity index (χ4n) is 2.73. The SMILES string of the molecule is CN(C)C1CCCN(Cc2nc(Cl)c3ccsc3n2)C1. The van der Waals surface area contributed by atoms with Crippen molar-refractivity contribution < 1.29 is 0 Å². The summed E-state index contributed by atoms with van der Waals surface area (Å²) in [6, 6.07) is 2.61. The van der Waals surface area contributed by atoms with Gasteiger partial charge in [-0.1, -0.05) is 11.6 Å². The Balaban J connectivity index is 1.75. The molecule has 4 nitrogen and oxygen atoms in total. The third-order valence-electron chi connectivity index (χ3n) is 3.90. The van der Waals surface area contributed by atoms with E-state index in [0.717, 1.165) is 35.7 Å². The lowest BCUT2D eigenvalue weighted by Gasteiger charge is -2.35. The highest BCUT2D eigenvalue weighted by atomic mass is 35.5. The maximum atomic E-state index is 6.23. The fraction of sp³-hybridized carbons (Fsp3) is 0.571. The molecule has 1 unspecified atom stereocenters. The monoisotopic (exact) mass is 310 g/mol. The zero-order valence-corrected chi connectivity index (χ0v) is 13.4. The van der Waals surface area contributed by atoms with Crippen molar-refractivity contribution in [3.05, 3.63) is 22.4 Å². The molecule has 2 aromatic rings. The predicted octanol–water partition coefficient (Wildman–Crippen LogP) is 2.87. The second kappa shape index (κ2) is 5.93. The Morgan fingerprint density at radius 2 is 2.30 bits per heavy atom. The largest absolute Gasteiger partial charge is 0.305 e. The first-order valence-corrected chi connectivity index (χ1v) is 8.17. The van der Waals surface area contributed by atoms with Gasteiger partial charge in [0.1, 0.15) is 15.8 Å². The number of aromatic nitrogens is 2. The van der Waals surface area contributed by atoms with Crippen LogP contribution in [-0.4, -0.2) is 53.0 Å². The molecule has 1 aliphatic rings. The number of thiophene rings is 1. The summed E-state index contributed by atoms with van der Waals surface area (Å²) in [6.45, 7) is 2.99. The zero-order chi connectivity index (χ0) is 14.1. The average molecular weight is 311 g/mol. The van der Waals surface area contributed by atoms with E-state index in [0.29, 0.717) is 11.2 Å². The van der Waals surface area contributed by atoms with Crippen LogP contribution in [0.2, 0.25) is 5.15 Å². The maximum Gasteiger partial charge on any atom is 0.145 e. The van der Waals surface area contributed by atoms with E-state index in [2.05, 4.69) is 33.9 Å². The van der Waals surface area contributed by atoms with Crippen LogP contribution in [0.15, 0.2) is 11.4 Å². The van der Waals surface area contributed by atoms with Gasteiger partial charge in [0.15, 0.2) is 0 Å². The van der Waals surface area contributed by atoms with Crippen molar-refractivity contribution in [2.24, 2.45) is 0 Å². The van der Waals surface area contributed by atoms with Crippen molar-refractivity contribution in [2.75, 3.05) is 27.2 Å². The minimum atomic E-state index is 0.576. The molecule has 3 rings (SSSR count). The summed E-state index contributed by atoms with van der Waals surface area (Å²) in [4.78, 5) is 14.8. The van der Waals surface area contributed by atoms with Crippen LogP contribution in [0.4, 0.5) is 0 Å². The second-order valence-corrected chi connectivity index (χ2v) is 6.82. The minimum Gasteiger partial charge on any atom is -0.305 e. The molecule has 1 atom stereocenters. The first-order valence-electron chi connectivity index (χ1n) is 6.92. The molecular weight excluding hydrogens is 292 g/mol. The van der Waals surface area contributed by atoms with E-state index in [-0.39, 0.29) is 0 Å². The molecular formula is C14H19ClN4S. The van der Waals surface area contributed by atoms with E-state index in [4.69, 9.17) is 11.6 Å². The normalized spacial score (nSPS) is 20.9. The summed E-state index contributed by atoms with van der Waals surface area (Å²) in [5.41, 5.74) is 0. The molecule has 1 aliphatic heterocycles. The van der Waals surface area contributed by atoms with E-state index < -0.39 is 0 Å². The summed E-state index contributed by atoms with van der Waals surface area (Å²) >= 11 is 7.85. The molecule has 0 aromatic carbocycles. The number of likely N-dealkylation sites (N-methyl/N-ethyl adjacent to an activating group) is 1. The molecule has 0 N–H and O–H groups in total. The Bertz CT molecular complexity index is 598. The molecule has 0 spiro atoms. The van der Waals surface area contributed by atoms with Gasteiger partial charge in [-0.15, -0.1) is 11.3 Å². The number of likely N-dealkylation sites (tertiary alicyclic amines) is 1. The van der Waals surface area contributed by atoms with Crippen molar-refractivity contribution in [1.29, 1.82) is 0 Å². The Morgan fingerprint density at radius 3 is 3.10 bits per heavy atom. The highest BCUT2D eigenvalue weighted by molar-refractivity contribution is 7.16. The molecule has 3 heterocycles. The van der Waals surface area contributed by atoms with Crippen LogP contribution in [0, 0.1) is 0 Å². The molecule has 1 fully saturated rings. The van der Waals surface area contributed by atoms with Crippen molar-refractivity contribution in [2.45, 2.75) is 25.4 Å². The summed E-state index contributed by atoms with van der Waals surface area (Å²) in [7, 11) is 4.30. The predicted molar refractivity (Wildman–Crippen MR) is 84.4 cm³/mol. The molecule has 0 bridgehead atoms. The number of piperidine rings is 1.